The van der Waals surface area contributed by atoms with Gasteiger partial charge in [0.2, 0.25) is 5.91 Å². The Labute approximate surface area is 141 Å². The molecular weight excluding hydrogens is 298 g/mol. The molecular formula is C20H21N3O. The van der Waals surface area contributed by atoms with E-state index in [0.29, 0.717) is 6.42 Å². The van der Waals surface area contributed by atoms with Crippen LogP contribution in [0.3, 0.4) is 0 Å². The molecule has 0 bridgehead atoms. The molecule has 0 spiro atoms. The van der Waals surface area contributed by atoms with Crippen molar-refractivity contribution in [3.05, 3.63) is 60.3 Å². The fraction of sp³-hybridized carbons (Fsp3) is 0.250. The maximum absolute atomic E-state index is 12.4. The molecule has 0 saturated carbocycles. The number of rotatable bonds is 4. The van der Waals surface area contributed by atoms with Crippen molar-refractivity contribution >= 4 is 28.2 Å². The molecule has 1 saturated heterocycles. The summed E-state index contributed by atoms with van der Waals surface area (Å²) in [7, 11) is 0. The van der Waals surface area contributed by atoms with Gasteiger partial charge in [0.05, 0.1) is 6.42 Å². The van der Waals surface area contributed by atoms with Gasteiger partial charge in [-0.15, -0.1) is 0 Å². The van der Waals surface area contributed by atoms with E-state index in [9.17, 15) is 4.79 Å². The number of anilines is 2. The van der Waals surface area contributed by atoms with Gasteiger partial charge in [-0.25, -0.2) is 0 Å². The second-order valence-electron chi connectivity index (χ2n) is 6.33. The smallest absolute Gasteiger partial charge is 0.228 e. The third-order valence-electron chi connectivity index (χ3n) is 4.63. The summed E-state index contributed by atoms with van der Waals surface area (Å²) in [4.78, 5) is 18.0. The third kappa shape index (κ3) is 3.00. The molecule has 1 amide bonds. The number of fused-ring (bicyclic) bond motifs is 1. The molecule has 2 N–H and O–H groups in total. The Kier molecular flexibility index (Phi) is 3.95. The molecule has 1 fully saturated rings. The molecule has 122 valence electrons. The standard InChI is InChI=1S/C20H21N3O/c24-20(12-15-14-21-19-9-2-1-8-18(15)19)22-16-6-5-7-17(13-16)23-10-3-4-11-23/h1-2,5-9,13-14,21H,3-4,10-12H2,(H,22,24). The van der Waals surface area contributed by atoms with Gasteiger partial charge in [0.15, 0.2) is 0 Å². The molecule has 0 radical (unpaired) electrons. The van der Waals surface area contributed by atoms with Crippen molar-refractivity contribution in [3.63, 3.8) is 0 Å². The van der Waals surface area contributed by atoms with Crippen molar-refractivity contribution in [1.82, 2.24) is 4.98 Å². The van der Waals surface area contributed by atoms with E-state index in [-0.39, 0.29) is 5.91 Å². The zero-order valence-corrected chi connectivity index (χ0v) is 13.6. The van der Waals surface area contributed by atoms with Crippen LogP contribution in [0.15, 0.2) is 54.7 Å². The van der Waals surface area contributed by atoms with Gasteiger partial charge in [0, 0.05) is 41.6 Å². The van der Waals surface area contributed by atoms with Crippen molar-refractivity contribution < 1.29 is 4.79 Å². The van der Waals surface area contributed by atoms with Crippen LogP contribution in [-0.2, 0) is 11.2 Å². The molecule has 0 unspecified atom stereocenters. The molecule has 2 aromatic carbocycles. The lowest BCUT2D eigenvalue weighted by molar-refractivity contribution is -0.115. The van der Waals surface area contributed by atoms with E-state index in [1.165, 1.54) is 18.5 Å². The first kappa shape index (κ1) is 14.8. The predicted octanol–water partition coefficient (Wildman–Crippen LogP) is 3.95. The van der Waals surface area contributed by atoms with Gasteiger partial charge in [0.1, 0.15) is 0 Å². The lowest BCUT2D eigenvalue weighted by atomic mass is 10.1. The van der Waals surface area contributed by atoms with Crippen LogP contribution < -0.4 is 10.2 Å². The summed E-state index contributed by atoms with van der Waals surface area (Å²) in [5.74, 6) is 0.0123. The number of carbonyl (C=O) groups excluding carboxylic acids is 1. The number of aromatic nitrogens is 1. The molecule has 4 heteroatoms. The molecule has 2 heterocycles. The highest BCUT2D eigenvalue weighted by Crippen LogP contribution is 2.24. The van der Waals surface area contributed by atoms with E-state index in [4.69, 9.17) is 0 Å². The Morgan fingerprint density at radius 3 is 2.79 bits per heavy atom. The molecule has 0 atom stereocenters. The quantitative estimate of drug-likeness (QED) is 0.765. The van der Waals surface area contributed by atoms with Gasteiger partial charge in [-0.2, -0.15) is 0 Å². The molecule has 24 heavy (non-hydrogen) atoms. The zero-order valence-electron chi connectivity index (χ0n) is 13.6. The van der Waals surface area contributed by atoms with E-state index in [0.717, 1.165) is 35.2 Å². The summed E-state index contributed by atoms with van der Waals surface area (Å²) in [6, 6.07) is 16.2. The van der Waals surface area contributed by atoms with Crippen LogP contribution in [0.25, 0.3) is 10.9 Å². The molecule has 0 aliphatic carbocycles. The monoisotopic (exact) mass is 319 g/mol. The van der Waals surface area contributed by atoms with Gasteiger partial charge in [-0.1, -0.05) is 24.3 Å². The summed E-state index contributed by atoms with van der Waals surface area (Å²) >= 11 is 0. The van der Waals surface area contributed by atoms with Crippen LogP contribution in [0.1, 0.15) is 18.4 Å². The van der Waals surface area contributed by atoms with Crippen molar-refractivity contribution in [2.24, 2.45) is 0 Å². The maximum Gasteiger partial charge on any atom is 0.228 e. The summed E-state index contributed by atoms with van der Waals surface area (Å²) < 4.78 is 0. The highest BCUT2D eigenvalue weighted by atomic mass is 16.1. The van der Waals surface area contributed by atoms with Gasteiger partial charge in [0.25, 0.3) is 0 Å². The van der Waals surface area contributed by atoms with Crippen molar-refractivity contribution in [1.29, 1.82) is 0 Å². The zero-order chi connectivity index (χ0) is 16.4. The Morgan fingerprint density at radius 1 is 1.08 bits per heavy atom. The molecule has 1 aliphatic rings. The number of amides is 1. The number of hydrogen-bond donors (Lipinski definition) is 2. The van der Waals surface area contributed by atoms with Crippen LogP contribution in [0, 0.1) is 0 Å². The Morgan fingerprint density at radius 2 is 1.92 bits per heavy atom. The van der Waals surface area contributed by atoms with Crippen LogP contribution >= 0.6 is 0 Å². The molecule has 1 aromatic heterocycles. The normalized spacial score (nSPS) is 14.2. The number of carbonyl (C=O) groups is 1. The van der Waals surface area contributed by atoms with Crippen LogP contribution in [0.5, 0.6) is 0 Å². The van der Waals surface area contributed by atoms with Gasteiger partial charge < -0.3 is 15.2 Å². The SMILES string of the molecule is O=C(Cc1c[nH]c2ccccc12)Nc1cccc(N2CCCC2)c1. The average Bonchev–Trinajstić information content (AvgIpc) is 3.26. The molecule has 4 nitrogen and oxygen atoms in total. The summed E-state index contributed by atoms with van der Waals surface area (Å²) in [5.41, 5.74) is 4.15. The lowest BCUT2D eigenvalue weighted by Crippen LogP contribution is -2.18. The number of para-hydroxylation sites is 1. The van der Waals surface area contributed by atoms with E-state index in [2.05, 4.69) is 27.3 Å². The second kappa shape index (κ2) is 6.40. The van der Waals surface area contributed by atoms with E-state index < -0.39 is 0 Å². The number of nitrogens with one attached hydrogen (secondary N) is 2. The number of aromatic amines is 1. The average molecular weight is 319 g/mol. The molecule has 1 aliphatic heterocycles. The Hall–Kier alpha value is -2.75. The Bertz CT molecular complexity index is 862. The first-order valence-electron chi connectivity index (χ1n) is 8.49. The first-order chi connectivity index (χ1) is 11.8. The van der Waals surface area contributed by atoms with Crippen molar-refractivity contribution in [3.8, 4) is 0 Å². The summed E-state index contributed by atoms with van der Waals surface area (Å²) in [6.45, 7) is 2.21. The minimum absolute atomic E-state index is 0.0123. The third-order valence-corrected chi connectivity index (χ3v) is 4.63. The number of H-pyrrole nitrogens is 1. The molecule has 3 aromatic rings. The number of nitrogens with zero attached hydrogens (tertiary/aromatic N) is 1. The Balaban J connectivity index is 1.47. The summed E-state index contributed by atoms with van der Waals surface area (Å²) in [5, 5.41) is 4.14. The van der Waals surface area contributed by atoms with Gasteiger partial charge in [-0.05, 0) is 42.7 Å². The van der Waals surface area contributed by atoms with E-state index >= 15 is 0 Å². The minimum atomic E-state index is 0.0123. The van der Waals surface area contributed by atoms with Crippen LogP contribution in [0.2, 0.25) is 0 Å². The topological polar surface area (TPSA) is 48.1 Å². The van der Waals surface area contributed by atoms with E-state index in [1.807, 2.05) is 42.6 Å². The van der Waals surface area contributed by atoms with Gasteiger partial charge in [-0.3, -0.25) is 4.79 Å². The van der Waals surface area contributed by atoms with Crippen LogP contribution in [0.4, 0.5) is 11.4 Å². The minimum Gasteiger partial charge on any atom is -0.371 e. The number of hydrogen-bond acceptors (Lipinski definition) is 2. The highest BCUT2D eigenvalue weighted by Gasteiger charge is 2.13. The maximum atomic E-state index is 12.4. The lowest BCUT2D eigenvalue weighted by Gasteiger charge is -2.18. The predicted molar refractivity (Wildman–Crippen MR) is 98.5 cm³/mol. The first-order valence-corrected chi connectivity index (χ1v) is 8.49. The van der Waals surface area contributed by atoms with E-state index in [1.54, 1.807) is 0 Å². The fourth-order valence-corrected chi connectivity index (χ4v) is 3.41. The summed E-state index contributed by atoms with van der Waals surface area (Å²) in [6.07, 6.45) is 4.79. The van der Waals surface area contributed by atoms with Crippen molar-refractivity contribution in [2.45, 2.75) is 19.3 Å². The number of benzene rings is 2. The highest BCUT2D eigenvalue weighted by molar-refractivity contribution is 5.96. The van der Waals surface area contributed by atoms with Crippen LogP contribution in [-0.4, -0.2) is 24.0 Å². The second-order valence-corrected chi connectivity index (χ2v) is 6.33. The van der Waals surface area contributed by atoms with Crippen molar-refractivity contribution in [2.75, 3.05) is 23.3 Å². The largest absolute Gasteiger partial charge is 0.371 e. The van der Waals surface area contributed by atoms with Gasteiger partial charge >= 0.3 is 0 Å². The fourth-order valence-electron chi connectivity index (χ4n) is 3.41. The molecule has 4 rings (SSSR count).